The Bertz CT molecular complexity index is 600. The minimum absolute atomic E-state index is 0.378. The summed E-state index contributed by atoms with van der Waals surface area (Å²) in [6.07, 6.45) is 5.46. The third-order valence-electron chi connectivity index (χ3n) is 5.33. The zero-order chi connectivity index (χ0) is 14.2. The monoisotopic (exact) mass is 277 g/mol. The van der Waals surface area contributed by atoms with Crippen molar-refractivity contribution in [2.75, 3.05) is 0 Å². The normalized spacial score (nSPS) is 24.6. The molecule has 0 aromatic heterocycles. The van der Waals surface area contributed by atoms with Crippen LogP contribution in [0.15, 0.2) is 48.5 Å². The van der Waals surface area contributed by atoms with Crippen molar-refractivity contribution in [3.05, 3.63) is 59.7 Å². The van der Waals surface area contributed by atoms with E-state index in [2.05, 4.69) is 60.8 Å². The molecule has 0 unspecified atom stereocenters. The first kappa shape index (κ1) is 13.1. The van der Waals surface area contributed by atoms with E-state index >= 15 is 0 Å². The van der Waals surface area contributed by atoms with Gasteiger partial charge in [-0.1, -0.05) is 68.3 Å². The first-order chi connectivity index (χ1) is 10.3. The second kappa shape index (κ2) is 5.31. The molecule has 1 fully saturated rings. The molecule has 2 aliphatic carbocycles. The first-order valence-corrected chi connectivity index (χ1v) is 8.29. The number of benzene rings is 2. The Kier molecular flexibility index (Phi) is 3.31. The maximum atomic E-state index is 3.98. The van der Waals surface area contributed by atoms with Crippen LogP contribution in [0.4, 0.5) is 0 Å². The van der Waals surface area contributed by atoms with Crippen LogP contribution in [-0.2, 0) is 0 Å². The van der Waals surface area contributed by atoms with Crippen LogP contribution < -0.4 is 5.32 Å². The highest BCUT2D eigenvalue weighted by atomic mass is 15.0. The molecule has 1 N–H and O–H groups in total. The van der Waals surface area contributed by atoms with Gasteiger partial charge in [-0.05, 0) is 41.0 Å². The van der Waals surface area contributed by atoms with E-state index in [9.17, 15) is 0 Å². The average Bonchev–Trinajstić information content (AvgIpc) is 2.85. The molecular weight excluding hydrogens is 254 g/mol. The summed E-state index contributed by atoms with van der Waals surface area (Å²) in [6, 6.07) is 18.8. The van der Waals surface area contributed by atoms with Gasteiger partial charge < -0.3 is 5.32 Å². The van der Waals surface area contributed by atoms with Gasteiger partial charge in [-0.3, -0.25) is 0 Å². The van der Waals surface area contributed by atoms with Gasteiger partial charge in [0.1, 0.15) is 0 Å². The average molecular weight is 277 g/mol. The van der Waals surface area contributed by atoms with Crippen molar-refractivity contribution in [1.29, 1.82) is 0 Å². The molecule has 2 aromatic rings. The minimum atomic E-state index is 0.378. The van der Waals surface area contributed by atoms with Gasteiger partial charge in [-0.15, -0.1) is 0 Å². The van der Waals surface area contributed by atoms with E-state index in [1.807, 2.05) is 0 Å². The van der Waals surface area contributed by atoms with E-state index in [0.29, 0.717) is 12.1 Å². The van der Waals surface area contributed by atoms with Gasteiger partial charge >= 0.3 is 0 Å². The van der Waals surface area contributed by atoms with Crippen molar-refractivity contribution >= 4 is 0 Å². The van der Waals surface area contributed by atoms with Crippen LogP contribution >= 0.6 is 0 Å². The van der Waals surface area contributed by atoms with E-state index < -0.39 is 0 Å². The van der Waals surface area contributed by atoms with Crippen LogP contribution in [-0.4, -0.2) is 6.04 Å². The second-order valence-corrected chi connectivity index (χ2v) is 6.64. The van der Waals surface area contributed by atoms with Crippen molar-refractivity contribution in [1.82, 2.24) is 5.32 Å². The zero-order valence-corrected chi connectivity index (χ0v) is 12.7. The number of nitrogens with one attached hydrogen (secondary N) is 1. The third-order valence-corrected chi connectivity index (χ3v) is 5.33. The van der Waals surface area contributed by atoms with Gasteiger partial charge in [0.15, 0.2) is 0 Å². The number of fused-ring (bicyclic) bond motifs is 3. The molecule has 1 saturated carbocycles. The van der Waals surface area contributed by atoms with E-state index in [1.165, 1.54) is 47.9 Å². The lowest BCUT2D eigenvalue weighted by Crippen LogP contribution is -2.39. The highest BCUT2D eigenvalue weighted by Gasteiger charge is 2.31. The van der Waals surface area contributed by atoms with E-state index in [0.717, 1.165) is 5.92 Å². The molecule has 2 aromatic carbocycles. The molecule has 0 amide bonds. The summed E-state index contributed by atoms with van der Waals surface area (Å²) in [6.45, 7) is 2.41. The molecule has 2 atom stereocenters. The highest BCUT2D eigenvalue weighted by Crippen LogP contribution is 2.44. The Labute approximate surface area is 127 Å². The molecule has 2 aliphatic rings. The van der Waals surface area contributed by atoms with Gasteiger partial charge in [0, 0.05) is 6.04 Å². The van der Waals surface area contributed by atoms with Crippen LogP contribution in [0.1, 0.15) is 49.8 Å². The van der Waals surface area contributed by atoms with Gasteiger partial charge in [0.25, 0.3) is 0 Å². The largest absolute Gasteiger partial charge is 0.303 e. The molecule has 108 valence electrons. The number of rotatable bonds is 2. The predicted molar refractivity (Wildman–Crippen MR) is 88.3 cm³/mol. The molecule has 21 heavy (non-hydrogen) atoms. The van der Waals surface area contributed by atoms with Crippen LogP contribution in [0.2, 0.25) is 0 Å². The molecule has 0 aliphatic heterocycles. The van der Waals surface area contributed by atoms with Crippen molar-refractivity contribution in [3.63, 3.8) is 0 Å². The Morgan fingerprint density at radius 2 is 1.38 bits per heavy atom. The van der Waals surface area contributed by atoms with E-state index in [4.69, 9.17) is 0 Å². The van der Waals surface area contributed by atoms with Gasteiger partial charge in [0.2, 0.25) is 0 Å². The smallest absolute Gasteiger partial charge is 0.0591 e. The molecule has 1 nitrogen and oxygen atoms in total. The summed E-state index contributed by atoms with van der Waals surface area (Å²) >= 11 is 0. The Morgan fingerprint density at radius 1 is 0.810 bits per heavy atom. The van der Waals surface area contributed by atoms with Crippen molar-refractivity contribution in [2.45, 2.75) is 44.7 Å². The molecule has 1 heteroatoms. The second-order valence-electron chi connectivity index (χ2n) is 6.64. The maximum Gasteiger partial charge on any atom is 0.0591 e. The van der Waals surface area contributed by atoms with Gasteiger partial charge in [0.05, 0.1) is 6.04 Å². The molecule has 0 saturated heterocycles. The van der Waals surface area contributed by atoms with E-state index in [1.54, 1.807) is 0 Å². The minimum Gasteiger partial charge on any atom is -0.303 e. The SMILES string of the molecule is C[C@@H]1CCCC[C@H]1NC1c2ccccc2-c2ccccc21. The van der Waals surface area contributed by atoms with Crippen LogP contribution in [0.3, 0.4) is 0 Å². The van der Waals surface area contributed by atoms with Crippen molar-refractivity contribution < 1.29 is 0 Å². The number of hydrogen-bond donors (Lipinski definition) is 1. The first-order valence-electron chi connectivity index (χ1n) is 8.29. The molecule has 0 spiro atoms. The summed E-state index contributed by atoms with van der Waals surface area (Å²) < 4.78 is 0. The van der Waals surface area contributed by atoms with Gasteiger partial charge in [-0.25, -0.2) is 0 Å². The third kappa shape index (κ3) is 2.20. The Morgan fingerprint density at radius 3 is 2.00 bits per heavy atom. The van der Waals surface area contributed by atoms with Gasteiger partial charge in [-0.2, -0.15) is 0 Å². The molecular formula is C20H23N. The maximum absolute atomic E-state index is 3.98. The van der Waals surface area contributed by atoms with Crippen LogP contribution in [0.25, 0.3) is 11.1 Å². The highest BCUT2D eigenvalue weighted by molar-refractivity contribution is 5.78. The predicted octanol–water partition coefficient (Wildman–Crippen LogP) is 4.92. The topological polar surface area (TPSA) is 12.0 Å². The summed E-state index contributed by atoms with van der Waals surface area (Å²) in [4.78, 5) is 0. The van der Waals surface area contributed by atoms with Crippen LogP contribution in [0, 0.1) is 5.92 Å². The molecule has 0 bridgehead atoms. The fourth-order valence-electron chi connectivity index (χ4n) is 4.11. The van der Waals surface area contributed by atoms with Crippen molar-refractivity contribution in [3.8, 4) is 11.1 Å². The quantitative estimate of drug-likeness (QED) is 0.821. The Balaban J connectivity index is 1.71. The summed E-state index contributed by atoms with van der Waals surface area (Å²) in [5, 5.41) is 3.98. The lowest BCUT2D eigenvalue weighted by atomic mass is 9.85. The summed E-state index contributed by atoms with van der Waals surface area (Å²) in [7, 11) is 0. The molecule has 4 rings (SSSR count). The molecule has 0 heterocycles. The lowest BCUT2D eigenvalue weighted by Gasteiger charge is -2.32. The van der Waals surface area contributed by atoms with Crippen molar-refractivity contribution in [2.24, 2.45) is 5.92 Å². The fraction of sp³-hybridized carbons (Fsp3) is 0.400. The number of hydrogen-bond acceptors (Lipinski definition) is 1. The van der Waals surface area contributed by atoms with Crippen LogP contribution in [0.5, 0.6) is 0 Å². The Hall–Kier alpha value is -1.60. The fourth-order valence-corrected chi connectivity index (χ4v) is 4.11. The lowest BCUT2D eigenvalue weighted by molar-refractivity contribution is 0.269. The summed E-state index contributed by atoms with van der Waals surface area (Å²) in [5.74, 6) is 0.790. The standard InChI is InChI=1S/C20H23N/c1-14-8-2-7-13-19(14)21-20-17-11-5-3-9-15(17)16-10-4-6-12-18(16)20/h3-6,9-12,14,19-21H,2,7-8,13H2,1H3/t14-,19-/m1/s1. The molecule has 0 radical (unpaired) electrons. The summed E-state index contributed by atoms with van der Waals surface area (Å²) in [5.41, 5.74) is 5.73. The zero-order valence-electron chi connectivity index (χ0n) is 12.7. The van der Waals surface area contributed by atoms with E-state index in [-0.39, 0.29) is 0 Å².